The Kier molecular flexibility index (Phi) is 6.23. The second-order valence-corrected chi connectivity index (χ2v) is 7.55. The average Bonchev–Trinajstić information content (AvgIpc) is 2.66. The van der Waals surface area contributed by atoms with E-state index in [1.165, 1.54) is 11.8 Å². The van der Waals surface area contributed by atoms with Crippen molar-refractivity contribution in [2.45, 2.75) is 65.5 Å². The molecule has 0 aromatic carbocycles. The second-order valence-electron chi connectivity index (χ2n) is 5.95. The van der Waals surface area contributed by atoms with Crippen LogP contribution in [0, 0.1) is 0 Å². The Bertz CT molecular complexity index is 458. The SMILES string of the molecule is CC[C@@H](C)N(CN1C(=S)SC2=NC(=O)CCCN21)[C@@H](C)CC. The van der Waals surface area contributed by atoms with Gasteiger partial charge in [-0.3, -0.25) is 19.7 Å². The van der Waals surface area contributed by atoms with Crippen molar-refractivity contribution in [1.29, 1.82) is 0 Å². The number of hydrogen-bond donors (Lipinski definition) is 0. The van der Waals surface area contributed by atoms with Gasteiger partial charge in [-0.15, -0.1) is 0 Å². The van der Waals surface area contributed by atoms with Crippen LogP contribution in [0.3, 0.4) is 0 Å². The van der Waals surface area contributed by atoms with Gasteiger partial charge in [0.1, 0.15) is 0 Å². The predicted octanol–water partition coefficient (Wildman–Crippen LogP) is 3.07. The van der Waals surface area contributed by atoms with Gasteiger partial charge in [-0.05, 0) is 44.9 Å². The Hall–Kier alpha value is -0.660. The van der Waals surface area contributed by atoms with Gasteiger partial charge in [0.05, 0.1) is 6.67 Å². The van der Waals surface area contributed by atoms with Crippen molar-refractivity contribution in [2.75, 3.05) is 13.2 Å². The van der Waals surface area contributed by atoms with E-state index in [1.807, 2.05) is 0 Å². The molecule has 2 heterocycles. The maximum absolute atomic E-state index is 11.7. The lowest BCUT2D eigenvalue weighted by molar-refractivity contribution is -0.117. The molecule has 0 radical (unpaired) electrons. The van der Waals surface area contributed by atoms with Gasteiger partial charge in [0, 0.05) is 25.0 Å². The number of carbonyl (C=O) groups is 1. The molecule has 0 N–H and O–H groups in total. The minimum Gasteiger partial charge on any atom is -0.279 e. The van der Waals surface area contributed by atoms with Crippen molar-refractivity contribution in [2.24, 2.45) is 4.99 Å². The fourth-order valence-electron chi connectivity index (χ4n) is 2.70. The van der Waals surface area contributed by atoms with E-state index in [0.717, 1.165) is 42.0 Å². The molecule has 2 atom stereocenters. The van der Waals surface area contributed by atoms with E-state index in [1.54, 1.807) is 0 Å². The molecule has 0 bridgehead atoms. The minimum absolute atomic E-state index is 0.0321. The molecule has 1 saturated heterocycles. The predicted molar refractivity (Wildman–Crippen MR) is 96.6 cm³/mol. The fraction of sp³-hybridized carbons (Fsp3) is 0.800. The van der Waals surface area contributed by atoms with Crippen molar-refractivity contribution < 1.29 is 4.79 Å². The van der Waals surface area contributed by atoms with Gasteiger partial charge in [0.15, 0.2) is 9.49 Å². The molecule has 2 aliphatic rings. The topological polar surface area (TPSA) is 39.1 Å². The summed E-state index contributed by atoms with van der Waals surface area (Å²) in [5.74, 6) is -0.0321. The first-order valence-corrected chi connectivity index (χ1v) is 9.34. The van der Waals surface area contributed by atoms with Crippen molar-refractivity contribution in [3.05, 3.63) is 0 Å². The summed E-state index contributed by atoms with van der Waals surface area (Å²) >= 11 is 6.97. The van der Waals surface area contributed by atoms with E-state index in [0.29, 0.717) is 18.5 Å². The molecule has 0 aliphatic carbocycles. The number of hydrazine groups is 1. The van der Waals surface area contributed by atoms with E-state index >= 15 is 0 Å². The molecule has 0 aromatic rings. The molecule has 1 amide bonds. The molecule has 0 saturated carbocycles. The second kappa shape index (κ2) is 7.75. The van der Waals surface area contributed by atoms with E-state index in [2.05, 4.69) is 47.6 Å². The average molecular weight is 343 g/mol. The summed E-state index contributed by atoms with van der Waals surface area (Å²) in [5.41, 5.74) is 0. The number of amidine groups is 1. The van der Waals surface area contributed by atoms with Gasteiger partial charge >= 0.3 is 0 Å². The highest BCUT2D eigenvalue weighted by atomic mass is 32.2. The molecule has 22 heavy (non-hydrogen) atoms. The molecular formula is C15H26N4OS2. The van der Waals surface area contributed by atoms with Crippen LogP contribution in [0.2, 0.25) is 0 Å². The number of hydrogen-bond acceptors (Lipinski definition) is 5. The number of thiocarbonyl (C=S) groups is 1. The van der Waals surface area contributed by atoms with Crippen LogP contribution in [-0.4, -0.2) is 55.6 Å². The maximum atomic E-state index is 11.7. The molecule has 7 heteroatoms. The first kappa shape index (κ1) is 17.7. The van der Waals surface area contributed by atoms with Crippen LogP contribution in [0.1, 0.15) is 53.4 Å². The van der Waals surface area contributed by atoms with Crippen LogP contribution < -0.4 is 0 Å². The molecule has 0 unspecified atom stereocenters. The molecule has 124 valence electrons. The Morgan fingerprint density at radius 3 is 2.55 bits per heavy atom. The highest BCUT2D eigenvalue weighted by Crippen LogP contribution is 2.29. The summed E-state index contributed by atoms with van der Waals surface area (Å²) in [6.07, 6.45) is 3.58. The lowest BCUT2D eigenvalue weighted by Crippen LogP contribution is -2.52. The van der Waals surface area contributed by atoms with Crippen LogP contribution in [0.4, 0.5) is 0 Å². The monoisotopic (exact) mass is 342 g/mol. The van der Waals surface area contributed by atoms with E-state index in [9.17, 15) is 4.79 Å². The Morgan fingerprint density at radius 2 is 1.95 bits per heavy atom. The summed E-state index contributed by atoms with van der Waals surface area (Å²) in [4.78, 5) is 18.4. The zero-order valence-corrected chi connectivity index (χ0v) is 15.5. The van der Waals surface area contributed by atoms with Gasteiger partial charge in [0.25, 0.3) is 0 Å². The number of thioether (sulfide) groups is 1. The van der Waals surface area contributed by atoms with E-state index < -0.39 is 0 Å². The standard InChI is InChI=1S/C15H26N4OS2/c1-5-11(3)17(12(4)6-2)10-19-15(21)22-14-16-13(20)8-7-9-18(14)19/h11-12H,5-10H2,1-4H3/t11-,12+. The highest BCUT2D eigenvalue weighted by molar-refractivity contribution is 8.33. The summed E-state index contributed by atoms with van der Waals surface area (Å²) in [7, 11) is 0. The van der Waals surface area contributed by atoms with Crippen LogP contribution in [0.15, 0.2) is 4.99 Å². The van der Waals surface area contributed by atoms with Crippen molar-refractivity contribution in [3.8, 4) is 0 Å². The lowest BCUT2D eigenvalue weighted by atomic mass is 10.1. The third kappa shape index (κ3) is 3.81. The van der Waals surface area contributed by atoms with Crippen molar-refractivity contribution in [1.82, 2.24) is 14.9 Å². The smallest absolute Gasteiger partial charge is 0.248 e. The van der Waals surface area contributed by atoms with E-state index in [-0.39, 0.29) is 5.91 Å². The molecule has 0 aromatic heterocycles. The van der Waals surface area contributed by atoms with Gasteiger partial charge in [-0.25, -0.2) is 0 Å². The van der Waals surface area contributed by atoms with Crippen LogP contribution in [-0.2, 0) is 4.79 Å². The molecule has 0 spiro atoms. The summed E-state index contributed by atoms with van der Waals surface area (Å²) in [5, 5.41) is 4.96. The molecule has 2 rings (SSSR count). The van der Waals surface area contributed by atoms with Gasteiger partial charge < -0.3 is 0 Å². The van der Waals surface area contributed by atoms with Gasteiger partial charge in [0.2, 0.25) is 5.91 Å². The third-order valence-corrected chi connectivity index (χ3v) is 5.82. The van der Waals surface area contributed by atoms with Crippen molar-refractivity contribution >= 4 is 39.4 Å². The Balaban J connectivity index is 2.17. The number of carbonyl (C=O) groups excluding carboxylic acids is 1. The number of amides is 1. The number of aliphatic imine (C=N–C) groups is 1. The van der Waals surface area contributed by atoms with Gasteiger partial charge in [-0.1, -0.05) is 26.1 Å². The molecule has 5 nitrogen and oxygen atoms in total. The normalized spacial score (nSPS) is 21.8. The number of rotatable bonds is 6. The quantitative estimate of drug-likeness (QED) is 0.691. The Morgan fingerprint density at radius 1 is 1.32 bits per heavy atom. The minimum atomic E-state index is -0.0321. The van der Waals surface area contributed by atoms with Gasteiger partial charge in [-0.2, -0.15) is 4.99 Å². The molecule has 1 fully saturated rings. The van der Waals surface area contributed by atoms with Crippen LogP contribution in [0.25, 0.3) is 0 Å². The summed E-state index contributed by atoms with van der Waals surface area (Å²) in [6, 6.07) is 0.995. The first-order chi connectivity index (χ1) is 10.5. The zero-order valence-electron chi connectivity index (χ0n) is 13.9. The zero-order chi connectivity index (χ0) is 16.3. The largest absolute Gasteiger partial charge is 0.279 e. The first-order valence-electron chi connectivity index (χ1n) is 8.11. The third-order valence-electron chi connectivity index (χ3n) is 4.49. The summed E-state index contributed by atoms with van der Waals surface area (Å²) in [6.45, 7) is 10.5. The number of nitrogens with zero attached hydrogens (tertiary/aromatic N) is 4. The van der Waals surface area contributed by atoms with E-state index in [4.69, 9.17) is 12.2 Å². The fourth-order valence-corrected chi connectivity index (χ4v) is 3.94. The molecule has 2 aliphatic heterocycles. The molecular weight excluding hydrogens is 316 g/mol. The maximum Gasteiger partial charge on any atom is 0.248 e. The van der Waals surface area contributed by atoms with Crippen LogP contribution in [0.5, 0.6) is 0 Å². The number of fused-ring (bicyclic) bond motifs is 1. The van der Waals surface area contributed by atoms with Crippen molar-refractivity contribution in [3.63, 3.8) is 0 Å². The van der Waals surface area contributed by atoms with Crippen LogP contribution >= 0.6 is 24.0 Å². The lowest BCUT2D eigenvalue weighted by Gasteiger charge is -2.39. The Labute approximate surface area is 143 Å². The highest BCUT2D eigenvalue weighted by Gasteiger charge is 2.36. The summed E-state index contributed by atoms with van der Waals surface area (Å²) < 4.78 is 0.796.